The number of carbonyl (C=O) groups excluding carboxylic acids is 1. The number of hydrogen-bond acceptors (Lipinski definition) is 3. The van der Waals surface area contributed by atoms with Gasteiger partial charge in [-0.15, -0.1) is 0 Å². The van der Waals surface area contributed by atoms with Crippen LogP contribution in [0.5, 0.6) is 5.75 Å². The van der Waals surface area contributed by atoms with Gasteiger partial charge in [0.15, 0.2) is 0 Å². The number of aromatic hydroxyl groups is 1. The summed E-state index contributed by atoms with van der Waals surface area (Å²) in [5, 5.41) is 12.4. The molecule has 4 heteroatoms. The van der Waals surface area contributed by atoms with E-state index in [1.54, 1.807) is 18.2 Å². The molecule has 0 aromatic heterocycles. The molecule has 0 saturated carbocycles. The van der Waals surface area contributed by atoms with Gasteiger partial charge in [-0.3, -0.25) is 4.79 Å². The molecule has 0 fully saturated rings. The maximum atomic E-state index is 11.9. The van der Waals surface area contributed by atoms with Crippen LogP contribution < -0.4 is 11.1 Å². The first-order valence-corrected chi connectivity index (χ1v) is 6.55. The first kappa shape index (κ1) is 14.1. The van der Waals surface area contributed by atoms with Crippen LogP contribution in [0, 0.1) is 0 Å². The quantitative estimate of drug-likeness (QED) is 0.775. The average Bonchev–Trinajstić information content (AvgIpc) is 2.47. The molecule has 4 N–H and O–H groups in total. The van der Waals surface area contributed by atoms with Crippen LogP contribution in [-0.2, 0) is 13.0 Å². The molecule has 2 aromatic carbocycles. The molecule has 0 aliphatic heterocycles. The fourth-order valence-electron chi connectivity index (χ4n) is 1.93. The number of amides is 1. The second-order valence-electron chi connectivity index (χ2n) is 4.55. The summed E-state index contributed by atoms with van der Waals surface area (Å²) in [6.45, 7) is 1.05. The second-order valence-corrected chi connectivity index (χ2v) is 4.55. The van der Waals surface area contributed by atoms with Crippen molar-refractivity contribution in [3.8, 4) is 5.75 Å². The molecule has 0 aliphatic rings. The number of nitrogens with one attached hydrogen (secondary N) is 1. The van der Waals surface area contributed by atoms with Gasteiger partial charge in [0.1, 0.15) is 5.75 Å². The number of hydrogen-bond donors (Lipinski definition) is 3. The van der Waals surface area contributed by atoms with Crippen LogP contribution >= 0.6 is 0 Å². The molecule has 0 saturated heterocycles. The Hall–Kier alpha value is -2.33. The molecule has 0 unspecified atom stereocenters. The molecule has 0 atom stereocenters. The number of rotatable bonds is 5. The van der Waals surface area contributed by atoms with Gasteiger partial charge in [-0.25, -0.2) is 0 Å². The topological polar surface area (TPSA) is 75.3 Å². The Kier molecular flexibility index (Phi) is 4.74. The Labute approximate surface area is 118 Å². The molecule has 0 radical (unpaired) electrons. The van der Waals surface area contributed by atoms with Crippen molar-refractivity contribution in [2.75, 3.05) is 6.54 Å². The van der Waals surface area contributed by atoms with Crippen LogP contribution in [0.4, 0.5) is 0 Å². The lowest BCUT2D eigenvalue weighted by molar-refractivity contribution is 0.0948. The van der Waals surface area contributed by atoms with E-state index in [4.69, 9.17) is 5.73 Å². The zero-order valence-corrected chi connectivity index (χ0v) is 11.2. The summed E-state index contributed by atoms with van der Waals surface area (Å²) < 4.78 is 0. The molecule has 4 nitrogen and oxygen atoms in total. The minimum Gasteiger partial charge on any atom is -0.507 e. The van der Waals surface area contributed by atoms with Crippen molar-refractivity contribution in [3.63, 3.8) is 0 Å². The van der Waals surface area contributed by atoms with E-state index >= 15 is 0 Å². The van der Waals surface area contributed by atoms with Gasteiger partial charge in [-0.2, -0.15) is 0 Å². The largest absolute Gasteiger partial charge is 0.507 e. The van der Waals surface area contributed by atoms with Gasteiger partial charge in [0.25, 0.3) is 5.91 Å². The van der Waals surface area contributed by atoms with Crippen molar-refractivity contribution in [1.82, 2.24) is 5.32 Å². The first-order valence-electron chi connectivity index (χ1n) is 6.55. The highest BCUT2D eigenvalue weighted by atomic mass is 16.3. The third-order valence-electron chi connectivity index (χ3n) is 3.06. The van der Waals surface area contributed by atoms with Crippen LogP contribution in [0.25, 0.3) is 0 Å². The maximum absolute atomic E-state index is 11.9. The highest BCUT2D eigenvalue weighted by Gasteiger charge is 2.09. The number of nitrogens with two attached hydrogens (primary N) is 1. The second kappa shape index (κ2) is 6.73. The molecule has 104 valence electrons. The number of benzene rings is 2. The van der Waals surface area contributed by atoms with Gasteiger partial charge in [-0.05, 0) is 36.2 Å². The van der Waals surface area contributed by atoms with Gasteiger partial charge in [-0.1, -0.05) is 36.4 Å². The van der Waals surface area contributed by atoms with E-state index in [0.29, 0.717) is 13.1 Å². The van der Waals surface area contributed by atoms with E-state index < -0.39 is 0 Å². The lowest BCUT2D eigenvalue weighted by Gasteiger charge is -2.07. The van der Waals surface area contributed by atoms with Gasteiger partial charge in [0.05, 0.1) is 5.56 Å². The molecule has 0 heterocycles. The van der Waals surface area contributed by atoms with Crippen LogP contribution in [0.1, 0.15) is 21.5 Å². The summed E-state index contributed by atoms with van der Waals surface area (Å²) in [7, 11) is 0. The fraction of sp³-hybridized carbons (Fsp3) is 0.188. The monoisotopic (exact) mass is 270 g/mol. The highest BCUT2D eigenvalue weighted by molar-refractivity contribution is 5.96. The predicted molar refractivity (Wildman–Crippen MR) is 78.5 cm³/mol. The van der Waals surface area contributed by atoms with Gasteiger partial charge < -0.3 is 16.2 Å². The van der Waals surface area contributed by atoms with Gasteiger partial charge >= 0.3 is 0 Å². The van der Waals surface area contributed by atoms with Crippen LogP contribution in [0.2, 0.25) is 0 Å². The Morgan fingerprint density at radius 2 is 1.70 bits per heavy atom. The van der Waals surface area contributed by atoms with Crippen molar-refractivity contribution in [1.29, 1.82) is 0 Å². The summed E-state index contributed by atoms with van der Waals surface area (Å²) >= 11 is 0. The van der Waals surface area contributed by atoms with E-state index in [1.165, 1.54) is 11.6 Å². The first-order chi connectivity index (χ1) is 9.70. The van der Waals surface area contributed by atoms with Crippen LogP contribution in [-0.4, -0.2) is 17.6 Å². The van der Waals surface area contributed by atoms with Gasteiger partial charge in [0.2, 0.25) is 0 Å². The lowest BCUT2D eigenvalue weighted by atomic mass is 10.1. The summed E-state index contributed by atoms with van der Waals surface area (Å²) in [4.78, 5) is 11.9. The third kappa shape index (κ3) is 3.59. The highest BCUT2D eigenvalue weighted by Crippen LogP contribution is 2.15. The zero-order chi connectivity index (χ0) is 14.4. The molecule has 1 amide bonds. The predicted octanol–water partition coefficient (Wildman–Crippen LogP) is 1.82. The van der Waals surface area contributed by atoms with E-state index in [9.17, 15) is 9.90 Å². The summed E-state index contributed by atoms with van der Waals surface area (Å²) in [6, 6.07) is 14.4. The third-order valence-corrected chi connectivity index (χ3v) is 3.06. The van der Waals surface area contributed by atoms with Crippen molar-refractivity contribution >= 4 is 5.91 Å². The molecule has 0 spiro atoms. The molecule has 0 aliphatic carbocycles. The van der Waals surface area contributed by atoms with Crippen LogP contribution in [0.3, 0.4) is 0 Å². The molecule has 2 rings (SSSR count). The van der Waals surface area contributed by atoms with Gasteiger partial charge in [0, 0.05) is 6.54 Å². The average molecular weight is 270 g/mol. The number of phenolic OH excluding ortho intramolecular Hbond substituents is 1. The Balaban J connectivity index is 1.95. The van der Waals surface area contributed by atoms with Crippen molar-refractivity contribution in [3.05, 3.63) is 65.2 Å². The number of para-hydroxylation sites is 1. The molecular weight excluding hydrogens is 252 g/mol. The maximum Gasteiger partial charge on any atom is 0.255 e. The Bertz CT molecular complexity index is 579. The zero-order valence-electron chi connectivity index (χ0n) is 11.2. The minimum atomic E-state index is -0.283. The normalized spacial score (nSPS) is 10.2. The van der Waals surface area contributed by atoms with Crippen molar-refractivity contribution < 1.29 is 9.90 Å². The Morgan fingerprint density at radius 1 is 1.05 bits per heavy atom. The smallest absolute Gasteiger partial charge is 0.255 e. The SMILES string of the molecule is NCCc1ccc(CNC(=O)c2ccccc2O)cc1. The molecule has 20 heavy (non-hydrogen) atoms. The summed E-state index contributed by atoms with van der Waals surface area (Å²) in [6.07, 6.45) is 0.852. The lowest BCUT2D eigenvalue weighted by Crippen LogP contribution is -2.22. The summed E-state index contributed by atoms with van der Waals surface area (Å²) in [5.74, 6) is -0.294. The molecular formula is C16H18N2O2. The fourth-order valence-corrected chi connectivity index (χ4v) is 1.93. The van der Waals surface area contributed by atoms with Crippen LogP contribution in [0.15, 0.2) is 48.5 Å². The molecule has 2 aromatic rings. The number of phenols is 1. The summed E-state index contributed by atoms with van der Waals surface area (Å²) in [5.41, 5.74) is 7.97. The van der Waals surface area contributed by atoms with E-state index in [-0.39, 0.29) is 17.2 Å². The van der Waals surface area contributed by atoms with E-state index in [0.717, 1.165) is 12.0 Å². The standard InChI is InChI=1S/C16H18N2O2/c17-10-9-12-5-7-13(8-6-12)11-18-16(20)14-3-1-2-4-15(14)19/h1-8,19H,9-11,17H2,(H,18,20). The minimum absolute atomic E-state index is 0.0108. The Morgan fingerprint density at radius 3 is 2.35 bits per heavy atom. The molecule has 0 bridgehead atoms. The number of carbonyl (C=O) groups is 1. The van der Waals surface area contributed by atoms with E-state index in [1.807, 2.05) is 24.3 Å². The van der Waals surface area contributed by atoms with Crippen molar-refractivity contribution in [2.45, 2.75) is 13.0 Å². The van der Waals surface area contributed by atoms with Crippen molar-refractivity contribution in [2.24, 2.45) is 5.73 Å². The van der Waals surface area contributed by atoms with E-state index in [2.05, 4.69) is 5.32 Å².